The SMILES string of the molecule is COc1c(CN2CCC2)cc(O)c2c1C[C@H]1C[C@H]3[C@H](N(C)C)C(=O)C(C(N)=O)=C(O)[C@@]3(O)C(=O)C1=C2O. The van der Waals surface area contributed by atoms with Crippen LogP contribution in [0.3, 0.4) is 0 Å². The number of amides is 1. The summed E-state index contributed by atoms with van der Waals surface area (Å²) in [7, 11) is 4.64. The Balaban J connectivity index is 1.69. The van der Waals surface area contributed by atoms with E-state index in [1.54, 1.807) is 14.1 Å². The van der Waals surface area contributed by atoms with Crippen LogP contribution in [-0.4, -0.2) is 93.6 Å². The first kappa shape index (κ1) is 25.2. The number of fused-ring (bicyclic) bond motifs is 3. The van der Waals surface area contributed by atoms with Gasteiger partial charge >= 0.3 is 0 Å². The highest BCUT2D eigenvalue weighted by Crippen LogP contribution is 2.54. The second-order valence-corrected chi connectivity index (χ2v) is 10.5. The van der Waals surface area contributed by atoms with Gasteiger partial charge in [-0.2, -0.15) is 0 Å². The molecule has 6 N–H and O–H groups in total. The summed E-state index contributed by atoms with van der Waals surface area (Å²) in [5.74, 6) is -6.20. The molecule has 4 aliphatic rings. The zero-order chi connectivity index (χ0) is 27.0. The third-order valence-corrected chi connectivity index (χ3v) is 8.29. The third kappa shape index (κ3) is 3.41. The molecule has 37 heavy (non-hydrogen) atoms. The number of ether oxygens (including phenoxy) is 1. The van der Waals surface area contributed by atoms with Crippen LogP contribution in [0, 0.1) is 11.8 Å². The fraction of sp³-hybridized carbons (Fsp3) is 0.500. The molecular formula is C26H31N3O8. The Morgan fingerprint density at radius 1 is 1.24 bits per heavy atom. The molecule has 1 aromatic carbocycles. The van der Waals surface area contributed by atoms with Crippen LogP contribution in [0.15, 0.2) is 23.0 Å². The minimum Gasteiger partial charge on any atom is -0.508 e. The second kappa shape index (κ2) is 8.57. The summed E-state index contributed by atoms with van der Waals surface area (Å²) in [6, 6.07) is 0.382. The highest BCUT2D eigenvalue weighted by molar-refractivity contribution is 6.24. The van der Waals surface area contributed by atoms with Crippen molar-refractivity contribution in [3.63, 3.8) is 0 Å². The molecule has 1 aromatic rings. The van der Waals surface area contributed by atoms with Crippen LogP contribution in [0.5, 0.6) is 11.5 Å². The number of carbonyl (C=O) groups excluding carboxylic acids is 3. The summed E-state index contributed by atoms with van der Waals surface area (Å²) in [6.45, 7) is 2.41. The summed E-state index contributed by atoms with van der Waals surface area (Å²) < 4.78 is 5.72. The highest BCUT2D eigenvalue weighted by Gasteiger charge is 2.64. The molecule has 1 amide bonds. The maximum Gasteiger partial charge on any atom is 0.255 e. The predicted octanol–water partition coefficient (Wildman–Crippen LogP) is 0.178. The number of nitrogens with two attached hydrogens (primary N) is 1. The number of hydrogen-bond acceptors (Lipinski definition) is 10. The van der Waals surface area contributed by atoms with Crippen LogP contribution in [0.1, 0.15) is 29.5 Å². The van der Waals surface area contributed by atoms with Crippen LogP contribution in [-0.2, 0) is 27.3 Å². The third-order valence-electron chi connectivity index (χ3n) is 8.29. The highest BCUT2D eigenvalue weighted by atomic mass is 16.5. The van der Waals surface area contributed by atoms with Gasteiger partial charge in [0.15, 0.2) is 11.4 Å². The van der Waals surface area contributed by atoms with Gasteiger partial charge in [0.2, 0.25) is 5.78 Å². The van der Waals surface area contributed by atoms with Crippen molar-refractivity contribution in [1.29, 1.82) is 0 Å². The molecule has 1 saturated carbocycles. The quantitative estimate of drug-likeness (QED) is 0.342. The Hall–Kier alpha value is -3.41. The summed E-state index contributed by atoms with van der Waals surface area (Å²) >= 11 is 0. The number of phenols is 1. The number of hydrogen-bond donors (Lipinski definition) is 5. The van der Waals surface area contributed by atoms with E-state index < -0.39 is 58.0 Å². The molecule has 0 spiro atoms. The lowest BCUT2D eigenvalue weighted by Crippen LogP contribution is -2.65. The lowest BCUT2D eigenvalue weighted by molar-refractivity contribution is -0.153. The predicted molar refractivity (Wildman–Crippen MR) is 131 cm³/mol. The number of aromatic hydroxyl groups is 1. The van der Waals surface area contributed by atoms with Crippen molar-refractivity contribution in [3.8, 4) is 11.5 Å². The van der Waals surface area contributed by atoms with Crippen molar-refractivity contribution < 1.29 is 39.5 Å². The van der Waals surface area contributed by atoms with E-state index in [2.05, 4.69) is 4.90 Å². The second-order valence-electron chi connectivity index (χ2n) is 10.5. The van der Waals surface area contributed by atoms with E-state index in [4.69, 9.17) is 10.5 Å². The Bertz CT molecular complexity index is 1290. The maximum atomic E-state index is 13.9. The maximum absolute atomic E-state index is 13.9. The van der Waals surface area contributed by atoms with E-state index in [9.17, 15) is 34.8 Å². The van der Waals surface area contributed by atoms with E-state index in [0.717, 1.165) is 25.1 Å². The normalized spacial score (nSPS) is 29.6. The molecule has 2 fully saturated rings. The minimum absolute atomic E-state index is 0.0282. The van der Waals surface area contributed by atoms with Crippen molar-refractivity contribution in [2.75, 3.05) is 34.3 Å². The van der Waals surface area contributed by atoms with Gasteiger partial charge in [-0.1, -0.05) is 0 Å². The number of nitrogens with zero attached hydrogens (tertiary/aromatic N) is 2. The number of aliphatic hydroxyl groups is 3. The number of likely N-dealkylation sites (tertiary alicyclic amines) is 1. The number of primary amides is 1. The molecular weight excluding hydrogens is 482 g/mol. The smallest absolute Gasteiger partial charge is 0.255 e. The number of ketones is 2. The number of likely N-dealkylation sites (N-methyl/N-ethyl adjacent to an activating group) is 1. The van der Waals surface area contributed by atoms with Crippen molar-refractivity contribution in [3.05, 3.63) is 39.7 Å². The summed E-state index contributed by atoms with van der Waals surface area (Å²) in [5, 5.41) is 44.7. The Morgan fingerprint density at radius 2 is 1.92 bits per heavy atom. The van der Waals surface area contributed by atoms with E-state index in [0.29, 0.717) is 17.9 Å². The minimum atomic E-state index is -2.65. The van der Waals surface area contributed by atoms with Gasteiger partial charge in [0.05, 0.1) is 18.7 Å². The lowest BCUT2D eigenvalue weighted by Gasteiger charge is -2.50. The molecule has 1 saturated heterocycles. The Kier molecular flexibility index (Phi) is 5.85. The summed E-state index contributed by atoms with van der Waals surface area (Å²) in [6.07, 6.45) is 1.32. The average molecular weight is 514 g/mol. The van der Waals surface area contributed by atoms with Crippen LogP contribution in [0.4, 0.5) is 0 Å². The standard InChI is InChI=1S/C26H31N3O8/c1-28(2)19-14-8-11-7-13-17(15(30)9-12(22(13)37-3)10-29-5-4-6-29)20(31)16(11)23(33)26(14,36)24(34)18(21(19)32)25(27)35/h9,11,14,19,30-31,34,36H,4-8,10H2,1-3H3,(H2,27,35)/t11-,14-,19-,26-/m0/s1. The zero-order valence-corrected chi connectivity index (χ0v) is 20.9. The summed E-state index contributed by atoms with van der Waals surface area (Å²) in [4.78, 5) is 42.7. The molecule has 1 heterocycles. The molecule has 1 aliphatic heterocycles. The average Bonchev–Trinajstić information content (AvgIpc) is 2.78. The number of benzene rings is 1. The number of rotatable bonds is 5. The lowest BCUT2D eigenvalue weighted by atomic mass is 9.57. The molecule has 5 rings (SSSR count). The number of phenolic OH excluding ortho intramolecular Hbond substituents is 1. The van der Waals surface area contributed by atoms with E-state index >= 15 is 0 Å². The van der Waals surface area contributed by atoms with Gasteiger partial charge < -0.3 is 30.9 Å². The van der Waals surface area contributed by atoms with E-state index in [1.807, 2.05) is 0 Å². The molecule has 0 unspecified atom stereocenters. The van der Waals surface area contributed by atoms with Gasteiger partial charge in [-0.3, -0.25) is 24.2 Å². The van der Waals surface area contributed by atoms with Crippen LogP contribution in [0.2, 0.25) is 0 Å². The fourth-order valence-electron chi connectivity index (χ4n) is 6.51. The molecule has 11 nitrogen and oxygen atoms in total. The van der Waals surface area contributed by atoms with Crippen molar-refractivity contribution >= 4 is 23.2 Å². The number of aliphatic hydroxyl groups excluding tert-OH is 2. The Morgan fingerprint density at radius 3 is 2.46 bits per heavy atom. The first-order chi connectivity index (χ1) is 17.4. The molecule has 11 heteroatoms. The topological polar surface area (TPSA) is 174 Å². The van der Waals surface area contributed by atoms with Gasteiger partial charge in [0, 0.05) is 29.2 Å². The van der Waals surface area contributed by atoms with E-state index in [-0.39, 0.29) is 29.7 Å². The molecule has 3 aliphatic carbocycles. The zero-order valence-electron chi connectivity index (χ0n) is 20.9. The number of methoxy groups -OCH3 is 1. The van der Waals surface area contributed by atoms with Crippen LogP contribution < -0.4 is 10.5 Å². The molecule has 0 radical (unpaired) electrons. The van der Waals surface area contributed by atoms with Crippen molar-refractivity contribution in [2.45, 2.75) is 37.5 Å². The monoisotopic (exact) mass is 513 g/mol. The number of carbonyl (C=O) groups is 3. The van der Waals surface area contributed by atoms with Gasteiger partial charge in [0.25, 0.3) is 5.91 Å². The first-order valence-corrected chi connectivity index (χ1v) is 12.2. The number of Topliss-reactive ketones (excluding diaryl/α,β-unsaturated/α-hetero) is 2. The molecule has 4 atom stereocenters. The first-order valence-electron chi connectivity index (χ1n) is 12.2. The Labute approximate surface area is 213 Å². The fourth-order valence-corrected chi connectivity index (χ4v) is 6.51. The van der Waals surface area contributed by atoms with Gasteiger partial charge in [-0.25, -0.2) is 0 Å². The van der Waals surface area contributed by atoms with Crippen molar-refractivity contribution in [2.24, 2.45) is 17.6 Å². The van der Waals surface area contributed by atoms with Crippen molar-refractivity contribution in [1.82, 2.24) is 9.80 Å². The van der Waals surface area contributed by atoms with E-state index in [1.165, 1.54) is 18.1 Å². The molecule has 0 bridgehead atoms. The molecule has 0 aromatic heterocycles. The molecule has 198 valence electrons. The largest absolute Gasteiger partial charge is 0.508 e. The van der Waals surface area contributed by atoms with Gasteiger partial charge in [0.1, 0.15) is 28.6 Å². The van der Waals surface area contributed by atoms with Gasteiger partial charge in [-0.15, -0.1) is 0 Å². The van der Waals surface area contributed by atoms with Gasteiger partial charge in [-0.05, 0) is 58.4 Å². The summed E-state index contributed by atoms with van der Waals surface area (Å²) in [5.41, 5.74) is 2.99. The van der Waals surface area contributed by atoms with Crippen LogP contribution >= 0.6 is 0 Å². The van der Waals surface area contributed by atoms with Crippen LogP contribution in [0.25, 0.3) is 5.76 Å².